The smallest absolute Gasteiger partial charge is 0.159 e. The highest BCUT2D eigenvalue weighted by molar-refractivity contribution is 6.30. The van der Waals surface area contributed by atoms with Gasteiger partial charge in [0.1, 0.15) is 11.4 Å². The van der Waals surface area contributed by atoms with Crippen LogP contribution in [-0.4, -0.2) is 52.7 Å². The minimum Gasteiger partial charge on any atom is -0.493 e. The van der Waals surface area contributed by atoms with Gasteiger partial charge in [-0.3, -0.25) is 4.68 Å². The van der Waals surface area contributed by atoms with Gasteiger partial charge in [-0.1, -0.05) is 25.4 Å². The summed E-state index contributed by atoms with van der Waals surface area (Å²) in [5.41, 5.74) is 5.97. The summed E-state index contributed by atoms with van der Waals surface area (Å²) in [6.07, 6.45) is 0. The van der Waals surface area contributed by atoms with Crippen LogP contribution >= 0.6 is 36.4 Å². The van der Waals surface area contributed by atoms with Crippen LogP contribution in [0.25, 0.3) is 22.6 Å². The van der Waals surface area contributed by atoms with E-state index >= 15 is 0 Å². The molecule has 1 aliphatic heterocycles. The van der Waals surface area contributed by atoms with Crippen LogP contribution < -0.4 is 9.64 Å². The van der Waals surface area contributed by atoms with Crippen molar-refractivity contribution in [3.63, 3.8) is 0 Å². The van der Waals surface area contributed by atoms with Crippen molar-refractivity contribution in [3.05, 3.63) is 58.7 Å². The molecule has 5 rings (SSSR count). The number of imidazole rings is 1. The SMILES string of the molecule is Cc1cc(-c2nc3cc(N4CCOCC4)ccc3[nH]2)nn1Cc1cc(Cl)ccc1OCC(C)C.Cl.Cl. The zero-order chi connectivity index (χ0) is 23.7. The van der Waals surface area contributed by atoms with Gasteiger partial charge >= 0.3 is 0 Å². The third kappa shape index (κ3) is 6.27. The zero-order valence-corrected chi connectivity index (χ0v) is 23.1. The van der Waals surface area contributed by atoms with E-state index < -0.39 is 0 Å². The van der Waals surface area contributed by atoms with Gasteiger partial charge in [0.2, 0.25) is 0 Å². The normalized spacial score (nSPS) is 13.5. The van der Waals surface area contributed by atoms with Gasteiger partial charge in [-0.15, -0.1) is 24.8 Å². The number of hydrogen-bond acceptors (Lipinski definition) is 5. The van der Waals surface area contributed by atoms with E-state index in [1.807, 2.05) is 22.9 Å². The standard InChI is InChI=1S/C26H30ClN5O2.2ClH/c1-17(2)16-34-25-7-4-20(27)13-19(25)15-32-18(3)12-24(30-32)26-28-22-6-5-21(14-23(22)29-26)31-8-10-33-11-9-31;;/h4-7,12-14,17H,8-11,15-16H2,1-3H3,(H,28,29);2*1H. The van der Waals surface area contributed by atoms with E-state index in [0.29, 0.717) is 24.1 Å². The number of nitrogens with zero attached hydrogens (tertiary/aromatic N) is 4. The number of fused-ring (bicyclic) bond motifs is 1. The van der Waals surface area contributed by atoms with Gasteiger partial charge in [-0.25, -0.2) is 4.98 Å². The van der Waals surface area contributed by atoms with Crippen LogP contribution in [0, 0.1) is 12.8 Å². The highest BCUT2D eigenvalue weighted by Crippen LogP contribution is 2.27. The molecule has 7 nitrogen and oxygen atoms in total. The predicted octanol–water partition coefficient (Wildman–Crippen LogP) is 6.15. The van der Waals surface area contributed by atoms with Crippen molar-refractivity contribution in [2.45, 2.75) is 27.3 Å². The van der Waals surface area contributed by atoms with Gasteiger partial charge < -0.3 is 19.4 Å². The fraction of sp³-hybridized carbons (Fsp3) is 0.385. The summed E-state index contributed by atoms with van der Waals surface area (Å²) < 4.78 is 13.5. The molecule has 0 amide bonds. The molecule has 194 valence electrons. The lowest BCUT2D eigenvalue weighted by Crippen LogP contribution is -2.36. The van der Waals surface area contributed by atoms with Gasteiger partial charge in [-0.2, -0.15) is 5.10 Å². The topological polar surface area (TPSA) is 68.2 Å². The molecular weight excluding hydrogens is 521 g/mol. The molecule has 0 saturated carbocycles. The molecule has 3 heterocycles. The summed E-state index contributed by atoms with van der Waals surface area (Å²) >= 11 is 6.29. The quantitative estimate of drug-likeness (QED) is 0.298. The Morgan fingerprint density at radius 1 is 1.08 bits per heavy atom. The molecule has 0 unspecified atom stereocenters. The molecule has 0 spiro atoms. The fourth-order valence-corrected chi connectivity index (χ4v) is 4.34. The van der Waals surface area contributed by atoms with Gasteiger partial charge in [0.05, 0.1) is 37.4 Å². The van der Waals surface area contributed by atoms with E-state index in [4.69, 9.17) is 31.2 Å². The number of aromatic nitrogens is 4. The molecule has 4 aromatic rings. The Balaban J connectivity index is 0.00000180. The number of aryl methyl sites for hydroxylation is 1. The molecule has 10 heteroatoms. The number of hydrogen-bond donors (Lipinski definition) is 1. The van der Waals surface area contributed by atoms with Crippen molar-refractivity contribution in [2.24, 2.45) is 5.92 Å². The Morgan fingerprint density at radius 3 is 2.61 bits per heavy atom. The molecule has 0 radical (unpaired) electrons. The Morgan fingerprint density at radius 2 is 1.86 bits per heavy atom. The summed E-state index contributed by atoms with van der Waals surface area (Å²) in [5.74, 6) is 2.05. The Labute approximate surface area is 229 Å². The van der Waals surface area contributed by atoms with Crippen molar-refractivity contribution in [2.75, 3.05) is 37.8 Å². The van der Waals surface area contributed by atoms with Crippen LogP contribution in [0.15, 0.2) is 42.5 Å². The first-order valence-electron chi connectivity index (χ1n) is 11.7. The lowest BCUT2D eigenvalue weighted by Gasteiger charge is -2.28. The average Bonchev–Trinajstić information content (AvgIpc) is 3.42. The molecule has 36 heavy (non-hydrogen) atoms. The van der Waals surface area contributed by atoms with E-state index in [2.05, 4.69) is 54.9 Å². The van der Waals surface area contributed by atoms with Crippen LogP contribution in [0.5, 0.6) is 5.75 Å². The second kappa shape index (κ2) is 12.2. The lowest BCUT2D eigenvalue weighted by atomic mass is 10.2. The number of aromatic amines is 1. The molecule has 0 bridgehead atoms. The summed E-state index contributed by atoms with van der Waals surface area (Å²) in [5, 5.41) is 5.53. The van der Waals surface area contributed by atoms with E-state index in [9.17, 15) is 0 Å². The van der Waals surface area contributed by atoms with Gasteiger partial charge in [0.25, 0.3) is 0 Å². The molecule has 2 aromatic carbocycles. The Hall–Kier alpha value is -2.45. The molecule has 0 aliphatic carbocycles. The minimum atomic E-state index is 0. The number of anilines is 1. The van der Waals surface area contributed by atoms with Crippen molar-refractivity contribution in [1.29, 1.82) is 0 Å². The van der Waals surface area contributed by atoms with Crippen LogP contribution in [-0.2, 0) is 11.3 Å². The lowest BCUT2D eigenvalue weighted by molar-refractivity contribution is 0.122. The second-order valence-electron chi connectivity index (χ2n) is 9.17. The first-order chi connectivity index (χ1) is 16.5. The number of ether oxygens (including phenoxy) is 2. The molecule has 0 atom stereocenters. The first kappa shape index (κ1) is 28.1. The van der Waals surface area contributed by atoms with Gasteiger partial charge in [0, 0.05) is 35.1 Å². The molecule has 1 aliphatic rings. The number of halogens is 3. The second-order valence-corrected chi connectivity index (χ2v) is 9.61. The van der Waals surface area contributed by atoms with Gasteiger partial charge in [-0.05, 0) is 55.3 Å². The molecule has 1 saturated heterocycles. The number of benzene rings is 2. The Bertz CT molecular complexity index is 1300. The highest BCUT2D eigenvalue weighted by atomic mass is 35.5. The van der Waals surface area contributed by atoms with Crippen LogP contribution in [0.2, 0.25) is 5.02 Å². The van der Waals surface area contributed by atoms with Crippen molar-refractivity contribution in [1.82, 2.24) is 19.7 Å². The predicted molar refractivity (Wildman–Crippen MR) is 150 cm³/mol. The maximum atomic E-state index is 6.29. The van der Waals surface area contributed by atoms with Crippen molar-refractivity contribution < 1.29 is 9.47 Å². The summed E-state index contributed by atoms with van der Waals surface area (Å²) in [4.78, 5) is 10.6. The maximum absolute atomic E-state index is 6.29. The molecular formula is C26H32Cl3N5O2. The van der Waals surface area contributed by atoms with Crippen molar-refractivity contribution >= 4 is 53.1 Å². The zero-order valence-electron chi connectivity index (χ0n) is 20.7. The van der Waals surface area contributed by atoms with Crippen LogP contribution in [0.4, 0.5) is 5.69 Å². The number of H-pyrrole nitrogens is 1. The molecule has 1 fully saturated rings. The monoisotopic (exact) mass is 551 g/mol. The Kier molecular flexibility index (Phi) is 9.53. The minimum absolute atomic E-state index is 0. The summed E-state index contributed by atoms with van der Waals surface area (Å²) in [7, 11) is 0. The van der Waals surface area contributed by atoms with Gasteiger partial charge in [0.15, 0.2) is 5.82 Å². The third-order valence-corrected chi connectivity index (χ3v) is 6.22. The first-order valence-corrected chi connectivity index (χ1v) is 12.1. The molecule has 2 aromatic heterocycles. The fourth-order valence-electron chi connectivity index (χ4n) is 4.15. The number of morpholine rings is 1. The number of rotatable bonds is 7. The van der Waals surface area contributed by atoms with E-state index in [1.165, 1.54) is 5.69 Å². The van der Waals surface area contributed by atoms with E-state index in [-0.39, 0.29) is 24.8 Å². The third-order valence-electron chi connectivity index (χ3n) is 5.98. The summed E-state index contributed by atoms with van der Waals surface area (Å²) in [6.45, 7) is 10.9. The van der Waals surface area contributed by atoms with E-state index in [1.54, 1.807) is 0 Å². The maximum Gasteiger partial charge on any atom is 0.159 e. The average molecular weight is 553 g/mol. The van der Waals surface area contributed by atoms with E-state index in [0.717, 1.165) is 65.9 Å². The number of nitrogens with one attached hydrogen (secondary N) is 1. The highest BCUT2D eigenvalue weighted by Gasteiger charge is 2.16. The molecule has 1 N–H and O–H groups in total. The van der Waals surface area contributed by atoms with Crippen LogP contribution in [0.1, 0.15) is 25.1 Å². The van der Waals surface area contributed by atoms with Crippen molar-refractivity contribution in [3.8, 4) is 17.3 Å². The van der Waals surface area contributed by atoms with Crippen LogP contribution in [0.3, 0.4) is 0 Å². The largest absolute Gasteiger partial charge is 0.493 e. The summed E-state index contributed by atoms with van der Waals surface area (Å²) in [6, 6.07) is 14.2.